The Kier molecular flexibility index (Phi) is 3.14. The lowest BCUT2D eigenvalue weighted by molar-refractivity contribution is 0.336. The van der Waals surface area contributed by atoms with Crippen LogP contribution in [0.15, 0.2) is 6.33 Å². The first-order valence-corrected chi connectivity index (χ1v) is 6.96. The first kappa shape index (κ1) is 11.2. The summed E-state index contributed by atoms with van der Waals surface area (Å²) >= 11 is 0. The summed E-state index contributed by atoms with van der Waals surface area (Å²) in [5, 5.41) is 12.0. The fourth-order valence-corrected chi connectivity index (χ4v) is 3.31. The van der Waals surface area contributed by atoms with Gasteiger partial charge in [-0.15, -0.1) is 10.2 Å². The normalized spacial score (nSPS) is 30.9. The van der Waals surface area contributed by atoms with Crippen molar-refractivity contribution < 1.29 is 0 Å². The van der Waals surface area contributed by atoms with E-state index in [1.54, 1.807) is 0 Å². The zero-order chi connectivity index (χ0) is 11.7. The van der Waals surface area contributed by atoms with Gasteiger partial charge in [0.25, 0.3) is 0 Å². The van der Waals surface area contributed by atoms with Crippen LogP contribution >= 0.6 is 0 Å². The quantitative estimate of drug-likeness (QED) is 0.852. The largest absolute Gasteiger partial charge is 0.316 e. The van der Waals surface area contributed by atoms with Crippen molar-refractivity contribution in [3.8, 4) is 0 Å². The number of hydrogen-bond donors (Lipinski definition) is 1. The number of hydrogen-bond acceptors (Lipinski definition) is 3. The van der Waals surface area contributed by atoms with Crippen LogP contribution in [0.1, 0.15) is 56.8 Å². The molecule has 0 amide bonds. The predicted octanol–water partition coefficient (Wildman–Crippen LogP) is 2.11. The molecule has 2 atom stereocenters. The fourth-order valence-electron chi connectivity index (χ4n) is 3.31. The summed E-state index contributed by atoms with van der Waals surface area (Å²) in [5.41, 5.74) is 0. The Labute approximate surface area is 103 Å². The third kappa shape index (κ3) is 2.10. The molecule has 2 fully saturated rings. The zero-order valence-corrected chi connectivity index (χ0v) is 10.6. The first-order valence-electron chi connectivity index (χ1n) is 6.96. The lowest BCUT2D eigenvalue weighted by Crippen LogP contribution is -2.20. The highest BCUT2D eigenvalue weighted by atomic mass is 15.3. The van der Waals surface area contributed by atoms with Crippen LogP contribution in [0.5, 0.6) is 0 Å². The second-order valence-electron chi connectivity index (χ2n) is 5.63. The van der Waals surface area contributed by atoms with Gasteiger partial charge in [0.05, 0.1) is 0 Å². The molecule has 4 nitrogen and oxygen atoms in total. The molecule has 17 heavy (non-hydrogen) atoms. The van der Waals surface area contributed by atoms with Crippen LogP contribution in [0, 0.1) is 5.92 Å². The molecular formula is C13H22N4. The third-order valence-electron chi connectivity index (χ3n) is 4.42. The Morgan fingerprint density at radius 2 is 2.06 bits per heavy atom. The number of nitrogens with one attached hydrogen (secondary N) is 1. The molecule has 0 aromatic carbocycles. The molecular weight excluding hydrogens is 212 g/mol. The van der Waals surface area contributed by atoms with E-state index in [2.05, 4.69) is 27.0 Å². The van der Waals surface area contributed by atoms with E-state index >= 15 is 0 Å². The van der Waals surface area contributed by atoms with Gasteiger partial charge in [0, 0.05) is 18.5 Å². The van der Waals surface area contributed by atoms with Gasteiger partial charge in [0.1, 0.15) is 12.2 Å². The molecule has 3 rings (SSSR count). The fraction of sp³-hybridized carbons (Fsp3) is 0.846. The van der Waals surface area contributed by atoms with Gasteiger partial charge in [-0.3, -0.25) is 0 Å². The van der Waals surface area contributed by atoms with Gasteiger partial charge in [-0.05, 0) is 25.3 Å². The molecule has 0 unspecified atom stereocenters. The zero-order valence-electron chi connectivity index (χ0n) is 10.6. The average molecular weight is 234 g/mol. The first-order chi connectivity index (χ1) is 8.36. The van der Waals surface area contributed by atoms with Gasteiger partial charge in [-0.1, -0.05) is 26.2 Å². The van der Waals surface area contributed by atoms with Gasteiger partial charge in [-0.2, -0.15) is 0 Å². The van der Waals surface area contributed by atoms with Crippen molar-refractivity contribution in [3.63, 3.8) is 0 Å². The van der Waals surface area contributed by atoms with Crippen LogP contribution in [0.2, 0.25) is 0 Å². The van der Waals surface area contributed by atoms with E-state index in [-0.39, 0.29) is 0 Å². The van der Waals surface area contributed by atoms with E-state index in [1.165, 1.54) is 37.9 Å². The molecule has 1 N–H and O–H groups in total. The van der Waals surface area contributed by atoms with Crippen molar-refractivity contribution in [2.24, 2.45) is 5.92 Å². The second kappa shape index (κ2) is 4.77. The van der Waals surface area contributed by atoms with Gasteiger partial charge in [0.15, 0.2) is 0 Å². The monoisotopic (exact) mass is 234 g/mol. The van der Waals surface area contributed by atoms with E-state index in [4.69, 9.17) is 0 Å². The molecule has 94 valence electrons. The molecule has 0 spiro atoms. The SMILES string of the molecule is C[C@@H]1CNC[C@H]1c1nncn1C1CCCCC1. The van der Waals surface area contributed by atoms with E-state index in [9.17, 15) is 0 Å². The maximum absolute atomic E-state index is 4.40. The van der Waals surface area contributed by atoms with Crippen LogP contribution in [0.4, 0.5) is 0 Å². The van der Waals surface area contributed by atoms with Gasteiger partial charge < -0.3 is 9.88 Å². The predicted molar refractivity (Wildman–Crippen MR) is 66.9 cm³/mol. The molecule has 1 aliphatic heterocycles. The van der Waals surface area contributed by atoms with E-state index in [0.717, 1.165) is 13.1 Å². The summed E-state index contributed by atoms with van der Waals surface area (Å²) in [6, 6.07) is 0.654. The van der Waals surface area contributed by atoms with Gasteiger partial charge in [0.2, 0.25) is 0 Å². The Bertz CT molecular complexity index is 367. The molecule has 1 saturated heterocycles. The summed E-state index contributed by atoms with van der Waals surface area (Å²) in [7, 11) is 0. The second-order valence-corrected chi connectivity index (χ2v) is 5.63. The highest BCUT2D eigenvalue weighted by Crippen LogP contribution is 2.33. The van der Waals surface area contributed by atoms with Crippen LogP contribution in [0.3, 0.4) is 0 Å². The van der Waals surface area contributed by atoms with E-state index in [0.29, 0.717) is 17.9 Å². The van der Waals surface area contributed by atoms with Crippen molar-refractivity contribution in [2.75, 3.05) is 13.1 Å². The van der Waals surface area contributed by atoms with Crippen molar-refractivity contribution in [1.29, 1.82) is 0 Å². The van der Waals surface area contributed by atoms with Crippen molar-refractivity contribution in [3.05, 3.63) is 12.2 Å². The van der Waals surface area contributed by atoms with Crippen LogP contribution in [-0.4, -0.2) is 27.9 Å². The standard InChI is InChI=1S/C13H22N4/c1-10-7-14-8-12(10)13-16-15-9-17(13)11-5-3-2-4-6-11/h9-12,14H,2-8H2,1H3/t10-,12-/m1/s1. The Morgan fingerprint density at radius 1 is 1.24 bits per heavy atom. The van der Waals surface area contributed by atoms with Crippen LogP contribution in [-0.2, 0) is 0 Å². The Hall–Kier alpha value is -0.900. The minimum atomic E-state index is 0.555. The summed E-state index contributed by atoms with van der Waals surface area (Å²) in [6.07, 6.45) is 8.69. The maximum atomic E-state index is 4.40. The van der Waals surface area contributed by atoms with Gasteiger partial charge in [-0.25, -0.2) is 0 Å². The lowest BCUT2D eigenvalue weighted by Gasteiger charge is -2.26. The minimum absolute atomic E-state index is 0.555. The maximum Gasteiger partial charge on any atom is 0.137 e. The van der Waals surface area contributed by atoms with Crippen LogP contribution < -0.4 is 5.32 Å². The molecule has 2 aliphatic rings. The lowest BCUT2D eigenvalue weighted by atomic mass is 9.93. The summed E-state index contributed by atoms with van der Waals surface area (Å²) in [5.74, 6) is 2.45. The highest BCUT2D eigenvalue weighted by molar-refractivity contribution is 5.05. The topological polar surface area (TPSA) is 42.7 Å². The smallest absolute Gasteiger partial charge is 0.137 e. The molecule has 2 heterocycles. The molecule has 1 saturated carbocycles. The number of aromatic nitrogens is 3. The molecule has 4 heteroatoms. The van der Waals surface area contributed by atoms with Crippen molar-refractivity contribution in [1.82, 2.24) is 20.1 Å². The summed E-state index contributed by atoms with van der Waals surface area (Å²) < 4.78 is 2.37. The van der Waals surface area contributed by atoms with Crippen molar-refractivity contribution in [2.45, 2.75) is 51.0 Å². The number of rotatable bonds is 2. The Morgan fingerprint density at radius 3 is 2.76 bits per heavy atom. The highest BCUT2D eigenvalue weighted by Gasteiger charge is 2.30. The molecule has 1 aliphatic carbocycles. The molecule has 0 radical (unpaired) electrons. The van der Waals surface area contributed by atoms with Crippen molar-refractivity contribution >= 4 is 0 Å². The molecule has 0 bridgehead atoms. The summed E-state index contributed by atoms with van der Waals surface area (Å²) in [6.45, 7) is 4.49. The van der Waals surface area contributed by atoms with Gasteiger partial charge >= 0.3 is 0 Å². The molecule has 1 aromatic rings. The Balaban J connectivity index is 1.82. The van der Waals surface area contributed by atoms with Crippen LogP contribution in [0.25, 0.3) is 0 Å². The van der Waals surface area contributed by atoms with E-state index in [1.807, 2.05) is 6.33 Å². The minimum Gasteiger partial charge on any atom is -0.316 e. The third-order valence-corrected chi connectivity index (χ3v) is 4.42. The number of nitrogens with zero attached hydrogens (tertiary/aromatic N) is 3. The average Bonchev–Trinajstić information content (AvgIpc) is 2.98. The molecule has 1 aromatic heterocycles. The van der Waals surface area contributed by atoms with E-state index < -0.39 is 0 Å². The summed E-state index contributed by atoms with van der Waals surface area (Å²) in [4.78, 5) is 0.